The summed E-state index contributed by atoms with van der Waals surface area (Å²) in [6.07, 6.45) is 0. The Labute approximate surface area is 76.8 Å². The standard InChI is InChI=1S/C8H19NO2S/c1-7(8(2,3)4)6-9(5)12(10)11/h7,12H,6H2,1-5H3. The molecule has 0 aromatic rings. The third-order valence-corrected chi connectivity index (χ3v) is 3.02. The molecule has 0 saturated carbocycles. The molecule has 4 heteroatoms. The minimum atomic E-state index is -2.41. The molecule has 0 aliphatic rings. The third-order valence-electron chi connectivity index (χ3n) is 2.30. The highest BCUT2D eigenvalue weighted by atomic mass is 32.2. The van der Waals surface area contributed by atoms with Crippen LogP contribution in [0.1, 0.15) is 27.7 Å². The molecule has 12 heavy (non-hydrogen) atoms. The van der Waals surface area contributed by atoms with Crippen LogP contribution >= 0.6 is 0 Å². The summed E-state index contributed by atoms with van der Waals surface area (Å²) in [4.78, 5) is 0. The molecule has 0 aromatic carbocycles. The largest absolute Gasteiger partial charge is 0.215 e. The molecule has 0 N–H and O–H groups in total. The Balaban J connectivity index is 4.10. The molecule has 1 unspecified atom stereocenters. The number of rotatable bonds is 3. The van der Waals surface area contributed by atoms with Gasteiger partial charge in [-0.2, -0.15) is 0 Å². The van der Waals surface area contributed by atoms with Gasteiger partial charge in [0.25, 0.3) is 0 Å². The lowest BCUT2D eigenvalue weighted by Crippen LogP contribution is -2.30. The van der Waals surface area contributed by atoms with E-state index in [0.717, 1.165) is 0 Å². The zero-order valence-corrected chi connectivity index (χ0v) is 9.39. The predicted molar refractivity (Wildman–Crippen MR) is 51.6 cm³/mol. The number of thiol groups is 1. The van der Waals surface area contributed by atoms with E-state index in [1.807, 2.05) is 0 Å². The molecule has 0 aliphatic carbocycles. The molecule has 0 radical (unpaired) electrons. The van der Waals surface area contributed by atoms with Crippen molar-refractivity contribution in [1.82, 2.24) is 4.31 Å². The highest BCUT2D eigenvalue weighted by molar-refractivity contribution is 7.69. The molecule has 0 spiro atoms. The summed E-state index contributed by atoms with van der Waals surface area (Å²) >= 11 is 0. The molecule has 0 amide bonds. The Morgan fingerprint density at radius 3 is 2.00 bits per heavy atom. The van der Waals surface area contributed by atoms with Gasteiger partial charge >= 0.3 is 0 Å². The van der Waals surface area contributed by atoms with Crippen LogP contribution in [-0.2, 0) is 10.9 Å². The molecule has 0 rings (SSSR count). The first-order valence-electron chi connectivity index (χ1n) is 4.10. The number of hydrogen-bond donors (Lipinski definition) is 1. The second-order valence-electron chi connectivity index (χ2n) is 4.35. The van der Waals surface area contributed by atoms with Gasteiger partial charge in [-0.1, -0.05) is 27.7 Å². The Morgan fingerprint density at radius 2 is 1.75 bits per heavy atom. The van der Waals surface area contributed by atoms with E-state index in [9.17, 15) is 8.42 Å². The monoisotopic (exact) mass is 193 g/mol. The average Bonchev–Trinajstić information content (AvgIpc) is 1.85. The normalized spacial score (nSPS) is 15.6. The van der Waals surface area contributed by atoms with Gasteiger partial charge in [-0.15, -0.1) is 0 Å². The van der Waals surface area contributed by atoms with E-state index in [4.69, 9.17) is 0 Å². The molecule has 0 heterocycles. The van der Waals surface area contributed by atoms with Crippen molar-refractivity contribution in [3.05, 3.63) is 0 Å². The molecular weight excluding hydrogens is 174 g/mol. The predicted octanol–water partition coefficient (Wildman–Crippen LogP) is 1.13. The van der Waals surface area contributed by atoms with Crippen molar-refractivity contribution in [2.45, 2.75) is 27.7 Å². The van der Waals surface area contributed by atoms with Crippen molar-refractivity contribution >= 4 is 10.9 Å². The van der Waals surface area contributed by atoms with E-state index >= 15 is 0 Å². The van der Waals surface area contributed by atoms with Gasteiger partial charge in [-0.25, -0.2) is 12.7 Å². The van der Waals surface area contributed by atoms with E-state index < -0.39 is 10.9 Å². The first kappa shape index (κ1) is 11.9. The summed E-state index contributed by atoms with van der Waals surface area (Å²) in [5.74, 6) is 0.371. The minimum absolute atomic E-state index is 0.166. The molecular formula is C8H19NO2S. The van der Waals surface area contributed by atoms with Crippen LogP contribution in [0, 0.1) is 11.3 Å². The molecule has 1 atom stereocenters. The Morgan fingerprint density at radius 1 is 1.33 bits per heavy atom. The first-order chi connectivity index (χ1) is 5.25. The quantitative estimate of drug-likeness (QED) is 0.682. The summed E-state index contributed by atoms with van der Waals surface area (Å²) in [6, 6.07) is 0. The SMILES string of the molecule is CC(CN(C)[SH](=O)=O)C(C)(C)C. The molecule has 0 bridgehead atoms. The van der Waals surface area contributed by atoms with Crippen molar-refractivity contribution in [2.24, 2.45) is 11.3 Å². The van der Waals surface area contributed by atoms with Gasteiger partial charge < -0.3 is 0 Å². The van der Waals surface area contributed by atoms with Crippen LogP contribution in [0.3, 0.4) is 0 Å². The van der Waals surface area contributed by atoms with E-state index in [-0.39, 0.29) is 5.41 Å². The van der Waals surface area contributed by atoms with Gasteiger partial charge in [0.05, 0.1) is 0 Å². The van der Waals surface area contributed by atoms with Crippen LogP contribution < -0.4 is 0 Å². The molecule has 0 aromatic heterocycles. The minimum Gasteiger partial charge on any atom is -0.215 e. The fourth-order valence-corrected chi connectivity index (χ4v) is 1.12. The Hall–Kier alpha value is -0.0900. The van der Waals surface area contributed by atoms with Crippen molar-refractivity contribution in [1.29, 1.82) is 0 Å². The van der Waals surface area contributed by atoms with Crippen molar-refractivity contribution in [2.75, 3.05) is 13.6 Å². The second-order valence-corrected chi connectivity index (χ2v) is 5.50. The maximum Gasteiger partial charge on any atom is 0.203 e. The average molecular weight is 193 g/mol. The molecule has 0 saturated heterocycles. The van der Waals surface area contributed by atoms with E-state index in [1.54, 1.807) is 7.05 Å². The Kier molecular flexibility index (Phi) is 4.20. The zero-order valence-electron chi connectivity index (χ0n) is 8.50. The Bertz CT molecular complexity index is 198. The van der Waals surface area contributed by atoms with E-state index in [1.165, 1.54) is 4.31 Å². The first-order valence-corrected chi connectivity index (χ1v) is 5.23. The maximum atomic E-state index is 10.5. The van der Waals surface area contributed by atoms with Gasteiger partial charge in [-0.3, -0.25) is 0 Å². The van der Waals surface area contributed by atoms with Crippen molar-refractivity contribution in [3.8, 4) is 0 Å². The lowest BCUT2D eigenvalue weighted by molar-refractivity contribution is 0.228. The highest BCUT2D eigenvalue weighted by Crippen LogP contribution is 2.25. The molecule has 74 valence electrons. The van der Waals surface area contributed by atoms with Gasteiger partial charge in [-0.05, 0) is 11.3 Å². The van der Waals surface area contributed by atoms with Crippen LogP contribution in [0.5, 0.6) is 0 Å². The molecule has 0 aliphatic heterocycles. The molecule has 0 fully saturated rings. The van der Waals surface area contributed by atoms with Gasteiger partial charge in [0, 0.05) is 13.6 Å². The van der Waals surface area contributed by atoms with Crippen LogP contribution in [0.2, 0.25) is 0 Å². The van der Waals surface area contributed by atoms with Gasteiger partial charge in [0.1, 0.15) is 0 Å². The summed E-state index contributed by atoms with van der Waals surface area (Å²) in [7, 11) is -0.803. The summed E-state index contributed by atoms with van der Waals surface area (Å²) in [6.45, 7) is 9.01. The molecule has 3 nitrogen and oxygen atoms in total. The third kappa shape index (κ3) is 4.07. The van der Waals surface area contributed by atoms with Gasteiger partial charge in [0.15, 0.2) is 0 Å². The number of hydrogen-bond acceptors (Lipinski definition) is 2. The van der Waals surface area contributed by atoms with Crippen LogP contribution in [-0.4, -0.2) is 26.3 Å². The van der Waals surface area contributed by atoms with Gasteiger partial charge in [0.2, 0.25) is 10.9 Å². The van der Waals surface area contributed by atoms with Crippen LogP contribution in [0.4, 0.5) is 0 Å². The smallest absolute Gasteiger partial charge is 0.203 e. The van der Waals surface area contributed by atoms with Crippen LogP contribution in [0.15, 0.2) is 0 Å². The fourth-order valence-electron chi connectivity index (χ4n) is 0.737. The van der Waals surface area contributed by atoms with Crippen LogP contribution in [0.25, 0.3) is 0 Å². The van der Waals surface area contributed by atoms with Crippen molar-refractivity contribution < 1.29 is 8.42 Å². The lowest BCUT2D eigenvalue weighted by Gasteiger charge is -2.28. The topological polar surface area (TPSA) is 37.4 Å². The van der Waals surface area contributed by atoms with E-state index in [0.29, 0.717) is 12.5 Å². The number of nitrogens with zero attached hydrogens (tertiary/aromatic N) is 1. The lowest BCUT2D eigenvalue weighted by atomic mass is 9.82. The highest BCUT2D eigenvalue weighted by Gasteiger charge is 2.21. The summed E-state index contributed by atoms with van der Waals surface area (Å²) in [5, 5.41) is 0. The maximum absolute atomic E-state index is 10.5. The van der Waals surface area contributed by atoms with E-state index in [2.05, 4.69) is 27.7 Å². The zero-order chi connectivity index (χ0) is 9.94. The van der Waals surface area contributed by atoms with Crippen molar-refractivity contribution in [3.63, 3.8) is 0 Å². The summed E-state index contributed by atoms with van der Waals surface area (Å²) in [5.41, 5.74) is 0.166. The second kappa shape index (κ2) is 4.23. The summed E-state index contributed by atoms with van der Waals surface area (Å²) < 4.78 is 22.4. The fraction of sp³-hybridized carbons (Fsp3) is 1.00.